The summed E-state index contributed by atoms with van der Waals surface area (Å²) in [6.45, 7) is 9.01. The molecule has 0 saturated carbocycles. The van der Waals surface area contributed by atoms with Gasteiger partial charge in [-0.1, -0.05) is 32.9 Å². The minimum atomic E-state index is 0.234. The van der Waals surface area contributed by atoms with E-state index >= 15 is 0 Å². The van der Waals surface area contributed by atoms with Gasteiger partial charge in [0.2, 0.25) is 6.33 Å². The second-order valence-electron chi connectivity index (χ2n) is 5.98. The minimum Gasteiger partial charge on any atom is -0.492 e. The molecule has 1 atom stereocenters. The summed E-state index contributed by atoms with van der Waals surface area (Å²) in [5, 5.41) is 0. The third-order valence-electron chi connectivity index (χ3n) is 3.72. The van der Waals surface area contributed by atoms with Gasteiger partial charge in [0.25, 0.3) is 0 Å². The van der Waals surface area contributed by atoms with Crippen molar-refractivity contribution in [2.45, 2.75) is 33.7 Å². The van der Waals surface area contributed by atoms with E-state index in [0.29, 0.717) is 6.04 Å². The number of aromatic nitrogens is 2. The third kappa shape index (κ3) is 2.80. The Morgan fingerprint density at radius 1 is 1.21 bits per heavy atom. The van der Waals surface area contributed by atoms with Crippen molar-refractivity contribution in [2.24, 2.45) is 5.41 Å². The van der Waals surface area contributed by atoms with Crippen LogP contribution in [0.5, 0.6) is 5.75 Å². The molecule has 2 aromatic rings. The lowest BCUT2D eigenvalue weighted by Gasteiger charge is -2.23. The van der Waals surface area contributed by atoms with E-state index in [1.807, 2.05) is 18.2 Å². The number of nitrogens with zero attached hydrogens (tertiary/aromatic N) is 2. The summed E-state index contributed by atoms with van der Waals surface area (Å²) in [5.74, 6) is 0.883. The van der Waals surface area contributed by atoms with Gasteiger partial charge in [0.1, 0.15) is 18.4 Å². The van der Waals surface area contributed by atoms with Crippen molar-refractivity contribution in [3.05, 3.63) is 43.0 Å². The van der Waals surface area contributed by atoms with Crippen LogP contribution in [-0.4, -0.2) is 11.7 Å². The van der Waals surface area contributed by atoms with Gasteiger partial charge in [-0.15, -0.1) is 0 Å². The van der Waals surface area contributed by atoms with Crippen molar-refractivity contribution in [1.82, 2.24) is 4.57 Å². The standard InChI is InChI=1S/C16H23N2O/c1-13(16(2,3)4)17-10-11-18(12-17)14-8-6-7-9-15(14)19-5/h6-13H,1-5H3/q+1. The van der Waals surface area contributed by atoms with E-state index in [0.717, 1.165) is 11.4 Å². The third-order valence-corrected chi connectivity index (χ3v) is 3.72. The lowest BCUT2D eigenvalue weighted by atomic mass is 9.88. The van der Waals surface area contributed by atoms with E-state index in [-0.39, 0.29) is 5.41 Å². The first-order chi connectivity index (χ1) is 8.93. The first-order valence-corrected chi connectivity index (χ1v) is 6.65. The molecule has 1 unspecified atom stereocenters. The number of benzene rings is 1. The Morgan fingerprint density at radius 2 is 1.89 bits per heavy atom. The van der Waals surface area contributed by atoms with Gasteiger partial charge in [-0.3, -0.25) is 0 Å². The van der Waals surface area contributed by atoms with E-state index < -0.39 is 0 Å². The molecule has 1 aromatic heterocycles. The first kappa shape index (κ1) is 13.7. The molecule has 0 aliphatic carbocycles. The molecule has 0 saturated heterocycles. The second-order valence-corrected chi connectivity index (χ2v) is 5.98. The quantitative estimate of drug-likeness (QED) is 0.773. The zero-order chi connectivity index (χ0) is 14.0. The summed E-state index contributed by atoms with van der Waals surface area (Å²) in [6.07, 6.45) is 6.30. The normalized spacial score (nSPS) is 13.3. The van der Waals surface area contributed by atoms with Gasteiger partial charge in [-0.2, -0.15) is 4.57 Å². The lowest BCUT2D eigenvalue weighted by molar-refractivity contribution is -0.731. The summed E-state index contributed by atoms with van der Waals surface area (Å²) in [4.78, 5) is 0. The lowest BCUT2D eigenvalue weighted by Crippen LogP contribution is -2.42. The predicted octanol–water partition coefficient (Wildman–Crippen LogP) is 3.38. The first-order valence-electron chi connectivity index (χ1n) is 6.65. The molecule has 3 nitrogen and oxygen atoms in total. The summed E-state index contributed by atoms with van der Waals surface area (Å²) in [7, 11) is 1.70. The Bertz CT molecular complexity index is 552. The molecule has 0 amide bonds. The van der Waals surface area contributed by atoms with Crippen molar-refractivity contribution in [3.8, 4) is 11.4 Å². The van der Waals surface area contributed by atoms with Crippen LogP contribution in [0.4, 0.5) is 0 Å². The Hall–Kier alpha value is -1.77. The van der Waals surface area contributed by atoms with Gasteiger partial charge < -0.3 is 4.74 Å². The topological polar surface area (TPSA) is 18.0 Å². The maximum absolute atomic E-state index is 5.41. The van der Waals surface area contributed by atoms with Crippen LogP contribution in [0.15, 0.2) is 43.0 Å². The molecule has 0 spiro atoms. The fourth-order valence-corrected chi connectivity index (χ4v) is 2.03. The Balaban J connectivity index is 2.36. The number of rotatable bonds is 3. The highest BCUT2D eigenvalue weighted by molar-refractivity contribution is 5.46. The van der Waals surface area contributed by atoms with Crippen molar-refractivity contribution in [1.29, 1.82) is 0 Å². The van der Waals surface area contributed by atoms with Crippen molar-refractivity contribution in [3.63, 3.8) is 0 Å². The van der Waals surface area contributed by atoms with Crippen LogP contribution >= 0.6 is 0 Å². The summed E-state index contributed by atoms with van der Waals surface area (Å²) < 4.78 is 9.75. The van der Waals surface area contributed by atoms with Gasteiger partial charge in [-0.05, 0) is 19.1 Å². The summed E-state index contributed by atoms with van der Waals surface area (Å²) in [5.41, 5.74) is 1.29. The molecule has 0 aliphatic rings. The van der Waals surface area contributed by atoms with E-state index in [9.17, 15) is 0 Å². The summed E-state index contributed by atoms with van der Waals surface area (Å²) >= 11 is 0. The number of para-hydroxylation sites is 2. The molecule has 102 valence electrons. The SMILES string of the molecule is COc1ccccc1-n1cc[n+](C(C)C(C)(C)C)c1. The van der Waals surface area contributed by atoms with Gasteiger partial charge in [0.05, 0.1) is 7.11 Å². The van der Waals surface area contributed by atoms with E-state index in [2.05, 4.69) is 61.6 Å². The van der Waals surface area contributed by atoms with Gasteiger partial charge in [0.15, 0.2) is 11.4 Å². The number of methoxy groups -OCH3 is 1. The molecule has 3 heteroatoms. The average molecular weight is 259 g/mol. The van der Waals surface area contributed by atoms with Crippen molar-refractivity contribution < 1.29 is 9.30 Å². The Labute approximate surface area is 115 Å². The van der Waals surface area contributed by atoms with Crippen LogP contribution in [0.2, 0.25) is 0 Å². The molecule has 0 aliphatic heterocycles. The fraction of sp³-hybridized carbons (Fsp3) is 0.438. The van der Waals surface area contributed by atoms with Gasteiger partial charge >= 0.3 is 0 Å². The molecule has 19 heavy (non-hydrogen) atoms. The van der Waals surface area contributed by atoms with E-state index in [1.165, 1.54) is 0 Å². The number of hydrogen-bond donors (Lipinski definition) is 0. The molecular formula is C16H23N2O+. The number of imidazole rings is 1. The van der Waals surface area contributed by atoms with Crippen LogP contribution in [0, 0.1) is 5.41 Å². The Morgan fingerprint density at radius 3 is 2.53 bits per heavy atom. The van der Waals surface area contributed by atoms with E-state index in [1.54, 1.807) is 7.11 Å². The zero-order valence-corrected chi connectivity index (χ0v) is 12.4. The molecule has 1 aromatic carbocycles. The molecular weight excluding hydrogens is 236 g/mol. The zero-order valence-electron chi connectivity index (χ0n) is 12.4. The second kappa shape index (κ2) is 5.08. The maximum atomic E-state index is 5.41. The van der Waals surface area contributed by atoms with Gasteiger partial charge in [0, 0.05) is 5.41 Å². The minimum absolute atomic E-state index is 0.234. The van der Waals surface area contributed by atoms with Crippen LogP contribution in [0.1, 0.15) is 33.7 Å². The predicted molar refractivity (Wildman–Crippen MR) is 76.7 cm³/mol. The average Bonchev–Trinajstić information content (AvgIpc) is 2.86. The van der Waals surface area contributed by atoms with Crippen LogP contribution < -0.4 is 9.30 Å². The highest BCUT2D eigenvalue weighted by atomic mass is 16.5. The summed E-state index contributed by atoms with van der Waals surface area (Å²) in [6, 6.07) is 8.48. The van der Waals surface area contributed by atoms with Crippen molar-refractivity contribution in [2.75, 3.05) is 7.11 Å². The molecule has 0 N–H and O–H groups in total. The van der Waals surface area contributed by atoms with Crippen LogP contribution in [0.3, 0.4) is 0 Å². The van der Waals surface area contributed by atoms with E-state index in [4.69, 9.17) is 4.74 Å². The number of hydrogen-bond acceptors (Lipinski definition) is 1. The largest absolute Gasteiger partial charge is 0.492 e. The smallest absolute Gasteiger partial charge is 0.249 e. The van der Waals surface area contributed by atoms with Gasteiger partial charge in [-0.25, -0.2) is 4.57 Å². The van der Waals surface area contributed by atoms with Crippen LogP contribution in [-0.2, 0) is 0 Å². The molecule has 1 heterocycles. The fourth-order valence-electron chi connectivity index (χ4n) is 2.03. The molecule has 2 rings (SSSR count). The molecule has 0 bridgehead atoms. The molecule has 0 fully saturated rings. The van der Waals surface area contributed by atoms with Crippen molar-refractivity contribution >= 4 is 0 Å². The maximum Gasteiger partial charge on any atom is 0.249 e. The monoisotopic (exact) mass is 259 g/mol. The highest BCUT2D eigenvalue weighted by Gasteiger charge is 2.26. The Kier molecular flexibility index (Phi) is 3.65. The number of ether oxygens (including phenoxy) is 1. The van der Waals surface area contributed by atoms with Crippen LogP contribution in [0.25, 0.3) is 5.69 Å². The molecule has 0 radical (unpaired) electrons. The highest BCUT2D eigenvalue weighted by Crippen LogP contribution is 2.26.